The minimum absolute atomic E-state index is 0.0518. The SMILES string of the molecule is Cc1ncccc1NC(=O)c1ccccc1S(=O)(=O)N1CCCCC1. The highest BCUT2D eigenvalue weighted by molar-refractivity contribution is 7.89. The van der Waals surface area contributed by atoms with Gasteiger partial charge in [0.25, 0.3) is 5.91 Å². The Kier molecular flexibility index (Phi) is 5.15. The highest BCUT2D eigenvalue weighted by Crippen LogP contribution is 2.24. The van der Waals surface area contributed by atoms with Crippen LogP contribution in [0.25, 0.3) is 0 Å². The predicted octanol–water partition coefficient (Wildman–Crippen LogP) is 2.82. The van der Waals surface area contributed by atoms with Crippen LogP contribution in [0, 0.1) is 6.92 Å². The number of hydrogen-bond donors (Lipinski definition) is 1. The van der Waals surface area contributed by atoms with E-state index in [-0.39, 0.29) is 10.5 Å². The fourth-order valence-corrected chi connectivity index (χ4v) is 4.64. The van der Waals surface area contributed by atoms with Crippen molar-refractivity contribution in [2.75, 3.05) is 18.4 Å². The Hall–Kier alpha value is -2.25. The molecular weight excluding hydrogens is 338 g/mol. The van der Waals surface area contributed by atoms with E-state index < -0.39 is 15.9 Å². The number of carbonyl (C=O) groups is 1. The zero-order valence-electron chi connectivity index (χ0n) is 14.1. The van der Waals surface area contributed by atoms with Crippen molar-refractivity contribution in [3.63, 3.8) is 0 Å². The number of rotatable bonds is 4. The normalized spacial score (nSPS) is 15.7. The number of aromatic nitrogens is 1. The molecule has 1 aromatic heterocycles. The number of carbonyl (C=O) groups excluding carboxylic acids is 1. The second-order valence-corrected chi connectivity index (χ2v) is 7.96. The van der Waals surface area contributed by atoms with Crippen LogP contribution in [0.15, 0.2) is 47.5 Å². The lowest BCUT2D eigenvalue weighted by Crippen LogP contribution is -2.36. The number of anilines is 1. The molecule has 1 amide bonds. The monoisotopic (exact) mass is 359 g/mol. The Morgan fingerprint density at radius 1 is 1.08 bits per heavy atom. The summed E-state index contributed by atoms with van der Waals surface area (Å²) in [6, 6.07) is 9.80. The zero-order chi connectivity index (χ0) is 17.9. The second-order valence-electron chi connectivity index (χ2n) is 6.05. The Balaban J connectivity index is 1.93. The number of piperidine rings is 1. The smallest absolute Gasteiger partial charge is 0.257 e. The molecule has 2 heterocycles. The maximum Gasteiger partial charge on any atom is 0.257 e. The highest BCUT2D eigenvalue weighted by atomic mass is 32.2. The fourth-order valence-electron chi connectivity index (χ4n) is 2.93. The van der Waals surface area contributed by atoms with Gasteiger partial charge in [0.15, 0.2) is 0 Å². The molecule has 0 spiro atoms. The second kappa shape index (κ2) is 7.33. The number of benzene rings is 1. The number of nitrogens with zero attached hydrogens (tertiary/aromatic N) is 2. The third-order valence-electron chi connectivity index (χ3n) is 4.32. The summed E-state index contributed by atoms with van der Waals surface area (Å²) >= 11 is 0. The van der Waals surface area contributed by atoms with Crippen LogP contribution < -0.4 is 5.32 Å². The van der Waals surface area contributed by atoms with Crippen molar-refractivity contribution in [3.8, 4) is 0 Å². The molecule has 1 aliphatic heterocycles. The standard InChI is InChI=1S/C18H21N3O3S/c1-14-16(9-7-11-19-14)20-18(22)15-8-3-4-10-17(15)25(23,24)21-12-5-2-6-13-21/h3-4,7-11H,2,5-6,12-13H2,1H3,(H,20,22). The maximum atomic E-state index is 13.0. The lowest BCUT2D eigenvalue weighted by atomic mass is 10.2. The van der Waals surface area contributed by atoms with Crippen LogP contribution in [0.3, 0.4) is 0 Å². The lowest BCUT2D eigenvalue weighted by Gasteiger charge is -2.26. The van der Waals surface area contributed by atoms with Gasteiger partial charge in [0.1, 0.15) is 0 Å². The van der Waals surface area contributed by atoms with Gasteiger partial charge in [-0.1, -0.05) is 18.6 Å². The molecule has 1 fully saturated rings. The largest absolute Gasteiger partial charge is 0.320 e. The van der Waals surface area contributed by atoms with Gasteiger partial charge >= 0.3 is 0 Å². The Labute approximate surface area is 147 Å². The summed E-state index contributed by atoms with van der Waals surface area (Å²) in [4.78, 5) is 16.9. The third-order valence-corrected chi connectivity index (χ3v) is 6.28. The van der Waals surface area contributed by atoms with Crippen molar-refractivity contribution >= 4 is 21.6 Å². The van der Waals surface area contributed by atoms with Crippen LogP contribution in [0.4, 0.5) is 5.69 Å². The first-order chi connectivity index (χ1) is 12.0. The number of nitrogens with one attached hydrogen (secondary N) is 1. The van der Waals surface area contributed by atoms with Crippen molar-refractivity contribution in [1.82, 2.24) is 9.29 Å². The average molecular weight is 359 g/mol. The molecule has 0 bridgehead atoms. The van der Waals surface area contributed by atoms with E-state index in [4.69, 9.17) is 0 Å². The quantitative estimate of drug-likeness (QED) is 0.910. The van der Waals surface area contributed by atoms with Crippen molar-refractivity contribution in [1.29, 1.82) is 0 Å². The summed E-state index contributed by atoms with van der Waals surface area (Å²) in [7, 11) is -3.68. The van der Waals surface area contributed by atoms with Crippen LogP contribution in [0.2, 0.25) is 0 Å². The molecule has 3 rings (SSSR count). The van der Waals surface area contributed by atoms with Crippen molar-refractivity contribution in [3.05, 3.63) is 53.9 Å². The molecule has 132 valence electrons. The fraction of sp³-hybridized carbons (Fsp3) is 0.333. The first kappa shape index (κ1) is 17.6. The molecule has 1 aromatic carbocycles. The van der Waals surface area contributed by atoms with Crippen LogP contribution in [-0.2, 0) is 10.0 Å². The van der Waals surface area contributed by atoms with Crippen LogP contribution in [-0.4, -0.2) is 36.7 Å². The van der Waals surface area contributed by atoms with E-state index in [1.54, 1.807) is 37.4 Å². The Bertz CT molecular complexity index is 875. The van der Waals surface area contributed by atoms with Crippen LogP contribution in [0.1, 0.15) is 35.3 Å². The van der Waals surface area contributed by atoms with Gasteiger partial charge < -0.3 is 5.32 Å². The molecule has 0 atom stereocenters. The Morgan fingerprint density at radius 3 is 2.52 bits per heavy atom. The van der Waals surface area contributed by atoms with Gasteiger partial charge in [0.2, 0.25) is 10.0 Å². The predicted molar refractivity (Wildman–Crippen MR) is 96.0 cm³/mol. The van der Waals surface area contributed by atoms with E-state index in [1.165, 1.54) is 16.4 Å². The lowest BCUT2D eigenvalue weighted by molar-refractivity contribution is 0.102. The summed E-state index contributed by atoms with van der Waals surface area (Å²) in [5, 5.41) is 2.76. The number of hydrogen-bond acceptors (Lipinski definition) is 4. The molecule has 0 aliphatic carbocycles. The molecule has 0 unspecified atom stereocenters. The van der Waals surface area contributed by atoms with Crippen LogP contribution in [0.5, 0.6) is 0 Å². The van der Waals surface area contributed by atoms with Crippen molar-refractivity contribution in [2.45, 2.75) is 31.1 Å². The number of amides is 1. The molecule has 1 saturated heterocycles. The minimum Gasteiger partial charge on any atom is -0.320 e. The molecule has 1 N–H and O–H groups in total. The maximum absolute atomic E-state index is 13.0. The molecule has 6 nitrogen and oxygen atoms in total. The van der Waals surface area contributed by atoms with E-state index in [1.807, 2.05) is 0 Å². The number of pyridine rings is 1. The summed E-state index contributed by atoms with van der Waals surface area (Å²) in [5.41, 5.74) is 1.39. The highest BCUT2D eigenvalue weighted by Gasteiger charge is 2.29. The topological polar surface area (TPSA) is 79.4 Å². The van der Waals surface area contributed by atoms with E-state index in [0.717, 1.165) is 19.3 Å². The van der Waals surface area contributed by atoms with Gasteiger partial charge in [-0.05, 0) is 44.0 Å². The molecule has 1 aliphatic rings. The molecule has 0 saturated carbocycles. The summed E-state index contributed by atoms with van der Waals surface area (Å²) in [6.07, 6.45) is 4.37. The number of aryl methyl sites for hydroxylation is 1. The zero-order valence-corrected chi connectivity index (χ0v) is 14.9. The average Bonchev–Trinajstić information content (AvgIpc) is 2.64. The van der Waals surface area contributed by atoms with Crippen molar-refractivity contribution in [2.24, 2.45) is 0 Å². The Morgan fingerprint density at radius 2 is 1.80 bits per heavy atom. The van der Waals surface area contributed by atoms with E-state index in [9.17, 15) is 13.2 Å². The minimum atomic E-state index is -3.68. The van der Waals surface area contributed by atoms with Gasteiger partial charge in [0.05, 0.1) is 21.8 Å². The van der Waals surface area contributed by atoms with E-state index in [2.05, 4.69) is 10.3 Å². The molecular formula is C18H21N3O3S. The molecule has 2 aromatic rings. The summed E-state index contributed by atoms with van der Waals surface area (Å²) in [6.45, 7) is 2.78. The van der Waals surface area contributed by atoms with Gasteiger partial charge in [-0.3, -0.25) is 9.78 Å². The molecule has 0 radical (unpaired) electrons. The van der Waals surface area contributed by atoms with Gasteiger partial charge in [-0.2, -0.15) is 4.31 Å². The summed E-state index contributed by atoms with van der Waals surface area (Å²) < 4.78 is 27.4. The van der Waals surface area contributed by atoms with Crippen LogP contribution >= 0.6 is 0 Å². The molecule has 25 heavy (non-hydrogen) atoms. The van der Waals surface area contributed by atoms with E-state index >= 15 is 0 Å². The first-order valence-corrected chi connectivity index (χ1v) is 9.76. The third kappa shape index (κ3) is 3.72. The van der Waals surface area contributed by atoms with Gasteiger partial charge in [-0.25, -0.2) is 8.42 Å². The van der Waals surface area contributed by atoms with Gasteiger partial charge in [0, 0.05) is 19.3 Å². The summed E-state index contributed by atoms with van der Waals surface area (Å²) in [5.74, 6) is -0.452. The van der Waals surface area contributed by atoms with Gasteiger partial charge in [-0.15, -0.1) is 0 Å². The van der Waals surface area contributed by atoms with E-state index in [0.29, 0.717) is 24.5 Å². The first-order valence-electron chi connectivity index (χ1n) is 8.32. The molecule has 7 heteroatoms. The number of sulfonamides is 1. The van der Waals surface area contributed by atoms with Crippen molar-refractivity contribution < 1.29 is 13.2 Å².